The Hall–Kier alpha value is -3.27. The molecule has 13 nitrogen and oxygen atoms in total. The SMILES string of the molecule is CC(=O)[C@H](NS(=O)(=O)c1ccccc1[N+](=O)[O-])[C@@H](C)NS(=O)(=O)c1ccccc1[N+](=O)[O-]. The molecule has 2 N–H and O–H groups in total. The molecule has 0 radical (unpaired) electrons. The predicted octanol–water partition coefficient (Wildman–Crippen LogP) is 1.11. The molecule has 2 aromatic rings. The lowest BCUT2D eigenvalue weighted by atomic mass is 10.1. The van der Waals surface area contributed by atoms with E-state index in [1.165, 1.54) is 31.2 Å². The zero-order valence-corrected chi connectivity index (χ0v) is 18.3. The van der Waals surface area contributed by atoms with E-state index >= 15 is 0 Å². The van der Waals surface area contributed by atoms with Crippen LogP contribution in [0.4, 0.5) is 11.4 Å². The fraction of sp³-hybridized carbons (Fsp3) is 0.235. The van der Waals surface area contributed by atoms with Crippen molar-refractivity contribution in [2.45, 2.75) is 35.7 Å². The highest BCUT2D eigenvalue weighted by atomic mass is 32.2. The molecule has 172 valence electrons. The average molecular weight is 486 g/mol. The van der Waals surface area contributed by atoms with Crippen molar-refractivity contribution in [1.82, 2.24) is 9.44 Å². The second kappa shape index (κ2) is 9.47. The zero-order valence-electron chi connectivity index (χ0n) is 16.7. The minimum Gasteiger partial charge on any atom is -0.298 e. The fourth-order valence-corrected chi connectivity index (χ4v) is 5.75. The second-order valence-corrected chi connectivity index (χ2v) is 9.93. The molecule has 2 aromatic carbocycles. The van der Waals surface area contributed by atoms with Crippen molar-refractivity contribution >= 4 is 37.2 Å². The first-order valence-electron chi connectivity index (χ1n) is 8.80. The average Bonchev–Trinajstić information content (AvgIpc) is 2.71. The van der Waals surface area contributed by atoms with Crippen molar-refractivity contribution in [2.24, 2.45) is 0 Å². The van der Waals surface area contributed by atoms with Crippen LogP contribution in [-0.2, 0) is 24.8 Å². The highest BCUT2D eigenvalue weighted by Crippen LogP contribution is 2.25. The van der Waals surface area contributed by atoms with Crippen molar-refractivity contribution in [3.05, 3.63) is 68.8 Å². The van der Waals surface area contributed by atoms with Gasteiger partial charge in [0.25, 0.3) is 11.4 Å². The number of para-hydroxylation sites is 2. The van der Waals surface area contributed by atoms with Gasteiger partial charge < -0.3 is 0 Å². The topological polar surface area (TPSA) is 196 Å². The van der Waals surface area contributed by atoms with Gasteiger partial charge in [0.2, 0.25) is 20.0 Å². The maximum atomic E-state index is 12.7. The molecule has 0 aliphatic rings. The Bertz CT molecular complexity index is 1280. The lowest BCUT2D eigenvalue weighted by Crippen LogP contribution is -2.53. The van der Waals surface area contributed by atoms with Gasteiger partial charge in [0.15, 0.2) is 9.79 Å². The van der Waals surface area contributed by atoms with Gasteiger partial charge >= 0.3 is 0 Å². The Morgan fingerprint density at radius 3 is 1.56 bits per heavy atom. The van der Waals surface area contributed by atoms with E-state index in [-0.39, 0.29) is 0 Å². The fourth-order valence-electron chi connectivity index (χ4n) is 2.81. The molecular weight excluding hydrogens is 468 g/mol. The minimum absolute atomic E-state index is 0.680. The van der Waals surface area contributed by atoms with Crippen LogP contribution >= 0.6 is 0 Å². The van der Waals surface area contributed by atoms with Crippen LogP contribution in [0.2, 0.25) is 0 Å². The Kier molecular flexibility index (Phi) is 7.40. The van der Waals surface area contributed by atoms with E-state index in [0.717, 1.165) is 31.2 Å². The summed E-state index contributed by atoms with van der Waals surface area (Å²) in [5, 5.41) is 22.3. The second-order valence-electron chi connectivity index (χ2n) is 6.57. The van der Waals surface area contributed by atoms with Gasteiger partial charge in [-0.15, -0.1) is 0 Å². The lowest BCUT2D eigenvalue weighted by Gasteiger charge is -2.23. The maximum Gasteiger partial charge on any atom is 0.289 e. The molecule has 0 saturated heterocycles. The van der Waals surface area contributed by atoms with Crippen molar-refractivity contribution in [3.63, 3.8) is 0 Å². The van der Waals surface area contributed by atoms with Crippen LogP contribution in [0.15, 0.2) is 58.3 Å². The monoisotopic (exact) mass is 486 g/mol. The molecule has 0 unspecified atom stereocenters. The molecule has 15 heteroatoms. The third-order valence-electron chi connectivity index (χ3n) is 4.26. The highest BCUT2D eigenvalue weighted by Gasteiger charge is 2.35. The van der Waals surface area contributed by atoms with E-state index in [9.17, 15) is 41.9 Å². The van der Waals surface area contributed by atoms with E-state index in [2.05, 4.69) is 0 Å². The van der Waals surface area contributed by atoms with Gasteiger partial charge in [-0.1, -0.05) is 24.3 Å². The zero-order chi connectivity index (χ0) is 24.3. The number of benzene rings is 2. The molecule has 2 rings (SSSR count). The molecule has 0 aliphatic heterocycles. The van der Waals surface area contributed by atoms with Crippen LogP contribution in [-0.4, -0.2) is 44.5 Å². The molecule has 0 saturated carbocycles. The van der Waals surface area contributed by atoms with Crippen LogP contribution in [0.1, 0.15) is 13.8 Å². The summed E-state index contributed by atoms with van der Waals surface area (Å²) in [6.07, 6.45) is 0. The van der Waals surface area contributed by atoms with Crippen LogP contribution in [0.25, 0.3) is 0 Å². The summed E-state index contributed by atoms with van der Waals surface area (Å²) in [5.74, 6) is -0.801. The standard InChI is InChI=1S/C17H18N4O9S2/c1-11(18-31(27,28)15-9-5-3-7-13(15)20(23)24)17(12(2)22)19-32(29,30)16-10-6-4-8-14(16)21(25)26/h3-11,17-19H,1-2H3/t11-,17-/m1/s1. The first-order valence-corrected chi connectivity index (χ1v) is 11.8. The Morgan fingerprint density at radius 1 is 0.812 bits per heavy atom. The van der Waals surface area contributed by atoms with Gasteiger partial charge in [-0.05, 0) is 26.0 Å². The molecular formula is C17H18N4O9S2. The van der Waals surface area contributed by atoms with Gasteiger partial charge in [-0.2, -0.15) is 4.72 Å². The van der Waals surface area contributed by atoms with Gasteiger partial charge in [0, 0.05) is 18.2 Å². The minimum atomic E-state index is -4.62. The Balaban J connectivity index is 2.39. The van der Waals surface area contributed by atoms with E-state index in [1.807, 2.05) is 9.44 Å². The van der Waals surface area contributed by atoms with Crippen LogP contribution < -0.4 is 9.44 Å². The number of nitro groups is 2. The van der Waals surface area contributed by atoms with Crippen LogP contribution in [0, 0.1) is 20.2 Å². The van der Waals surface area contributed by atoms with Gasteiger partial charge in [0.05, 0.1) is 15.9 Å². The summed E-state index contributed by atoms with van der Waals surface area (Å²) in [5.41, 5.74) is -1.46. The lowest BCUT2D eigenvalue weighted by molar-refractivity contribution is -0.388. The Morgan fingerprint density at radius 2 is 1.19 bits per heavy atom. The third kappa shape index (κ3) is 5.50. The number of rotatable bonds is 10. The summed E-state index contributed by atoms with van der Waals surface area (Å²) in [6, 6.07) is 5.80. The number of hydrogen-bond acceptors (Lipinski definition) is 9. The molecule has 0 spiro atoms. The summed E-state index contributed by atoms with van der Waals surface area (Å²) in [6.45, 7) is 2.16. The number of hydrogen-bond donors (Lipinski definition) is 2. The number of nitrogens with zero attached hydrogens (tertiary/aromatic N) is 2. The number of carbonyl (C=O) groups excluding carboxylic acids is 1. The van der Waals surface area contributed by atoms with E-state index in [0.29, 0.717) is 0 Å². The Labute approximate surface area is 182 Å². The third-order valence-corrected chi connectivity index (χ3v) is 7.36. The van der Waals surface area contributed by atoms with Crippen molar-refractivity contribution in [3.8, 4) is 0 Å². The molecule has 0 aliphatic carbocycles. The van der Waals surface area contributed by atoms with Crippen molar-refractivity contribution in [2.75, 3.05) is 0 Å². The van der Waals surface area contributed by atoms with Gasteiger partial charge in [0.1, 0.15) is 5.78 Å². The summed E-state index contributed by atoms with van der Waals surface area (Å²) in [7, 11) is -9.17. The predicted molar refractivity (Wildman–Crippen MR) is 111 cm³/mol. The summed E-state index contributed by atoms with van der Waals surface area (Å²) in [4.78, 5) is 31.2. The molecule has 0 bridgehead atoms. The molecule has 0 aromatic heterocycles. The van der Waals surface area contributed by atoms with Crippen LogP contribution in [0.3, 0.4) is 0 Å². The number of ketones is 1. The smallest absolute Gasteiger partial charge is 0.289 e. The molecule has 32 heavy (non-hydrogen) atoms. The number of nitrogens with one attached hydrogen (secondary N) is 2. The number of Topliss-reactive ketones (excluding diaryl/α,β-unsaturated/α-hetero) is 1. The van der Waals surface area contributed by atoms with Crippen LogP contribution in [0.5, 0.6) is 0 Å². The maximum absolute atomic E-state index is 12.7. The van der Waals surface area contributed by atoms with E-state index in [4.69, 9.17) is 0 Å². The largest absolute Gasteiger partial charge is 0.298 e. The first-order chi connectivity index (χ1) is 14.8. The first kappa shape index (κ1) is 25.0. The van der Waals surface area contributed by atoms with Gasteiger partial charge in [-0.3, -0.25) is 25.0 Å². The molecule has 0 heterocycles. The number of nitro benzene ring substituents is 2. The molecule has 2 atom stereocenters. The van der Waals surface area contributed by atoms with E-state index in [1.54, 1.807) is 0 Å². The summed E-state index contributed by atoms with van der Waals surface area (Å²) >= 11 is 0. The van der Waals surface area contributed by atoms with Crippen molar-refractivity contribution in [1.29, 1.82) is 0 Å². The van der Waals surface area contributed by atoms with Gasteiger partial charge in [-0.25, -0.2) is 21.6 Å². The van der Waals surface area contributed by atoms with Crippen molar-refractivity contribution < 1.29 is 31.5 Å². The summed E-state index contributed by atoms with van der Waals surface area (Å²) < 4.78 is 54.8. The van der Waals surface area contributed by atoms with E-state index < -0.39 is 68.9 Å². The quantitative estimate of drug-likeness (QED) is 0.365. The molecule has 0 fully saturated rings. The highest BCUT2D eigenvalue weighted by molar-refractivity contribution is 7.90. The number of sulfonamides is 2. The number of carbonyl (C=O) groups is 1. The normalized spacial score (nSPS) is 13.8. The molecule has 0 amide bonds.